The van der Waals surface area contributed by atoms with Crippen molar-refractivity contribution in [3.8, 4) is 11.5 Å². The minimum absolute atomic E-state index is 0.0269. The standard InChI is InChI=1S/C25H20N4O5/c1-28(2)25(32)16-11-13-5-3-7-15-20(26-9-10-29(16)21(13)15)19-18(23(30)27-24(19)31)14-6-4-8-17-22(14)34-12-33-17/h3-10,16H,11-12H2,1-2H3,(H,27,30,31). The number of carbonyl (C=O) groups excluding carboxylic acids is 3. The molecular formula is C25H20N4O5. The van der Waals surface area contributed by atoms with Crippen LogP contribution < -0.4 is 19.7 Å². The first-order valence-electron chi connectivity index (χ1n) is 10.8. The number of nitrogens with zero attached hydrogens (tertiary/aromatic N) is 3. The third kappa shape index (κ3) is 2.79. The molecule has 170 valence electrons. The third-order valence-corrected chi connectivity index (χ3v) is 6.37. The number of likely N-dealkylation sites (N-methyl/N-ethyl adjacent to an activating group) is 1. The Labute approximate surface area is 195 Å². The first-order valence-corrected chi connectivity index (χ1v) is 10.8. The molecule has 9 heteroatoms. The predicted molar refractivity (Wildman–Crippen MR) is 123 cm³/mol. The van der Waals surface area contributed by atoms with Crippen molar-refractivity contribution in [2.24, 2.45) is 4.99 Å². The molecule has 6 rings (SSSR count). The van der Waals surface area contributed by atoms with Gasteiger partial charge in [0, 0.05) is 44.0 Å². The molecule has 0 fully saturated rings. The molecular weight excluding hydrogens is 436 g/mol. The van der Waals surface area contributed by atoms with Crippen LogP contribution in [-0.2, 0) is 20.8 Å². The maximum atomic E-state index is 13.1. The summed E-state index contributed by atoms with van der Waals surface area (Å²) in [6, 6.07) is 10.5. The number of nitrogens with one attached hydrogen (secondary N) is 1. The smallest absolute Gasteiger partial charge is 0.261 e. The molecule has 2 aromatic rings. The van der Waals surface area contributed by atoms with Crippen LogP contribution in [-0.4, -0.2) is 55.3 Å². The quantitative estimate of drug-likeness (QED) is 0.705. The van der Waals surface area contributed by atoms with Gasteiger partial charge in [-0.05, 0) is 11.6 Å². The van der Waals surface area contributed by atoms with E-state index in [9.17, 15) is 14.4 Å². The molecule has 0 aliphatic carbocycles. The lowest BCUT2D eigenvalue weighted by Gasteiger charge is -2.25. The zero-order valence-corrected chi connectivity index (χ0v) is 18.5. The number of anilines is 1. The Kier molecular flexibility index (Phi) is 4.35. The van der Waals surface area contributed by atoms with Crippen molar-refractivity contribution in [2.45, 2.75) is 12.5 Å². The molecule has 1 N–H and O–H groups in total. The lowest BCUT2D eigenvalue weighted by molar-refractivity contribution is -0.130. The largest absolute Gasteiger partial charge is 0.454 e. The van der Waals surface area contributed by atoms with Crippen molar-refractivity contribution in [1.29, 1.82) is 0 Å². The van der Waals surface area contributed by atoms with Crippen LogP contribution >= 0.6 is 0 Å². The van der Waals surface area contributed by atoms with Gasteiger partial charge in [-0.3, -0.25) is 24.7 Å². The van der Waals surface area contributed by atoms with Crippen LogP contribution in [0.15, 0.2) is 59.4 Å². The van der Waals surface area contributed by atoms with Crippen molar-refractivity contribution < 1.29 is 23.9 Å². The first-order chi connectivity index (χ1) is 16.5. The van der Waals surface area contributed by atoms with Crippen molar-refractivity contribution in [1.82, 2.24) is 10.2 Å². The van der Waals surface area contributed by atoms with Crippen molar-refractivity contribution in [3.63, 3.8) is 0 Å². The highest BCUT2D eigenvalue weighted by molar-refractivity contribution is 6.48. The first kappa shape index (κ1) is 20.2. The number of hydrogen-bond donors (Lipinski definition) is 1. The zero-order chi connectivity index (χ0) is 23.6. The Bertz CT molecular complexity index is 1390. The number of amides is 3. The molecule has 0 aromatic heterocycles. The Hall–Kier alpha value is -4.40. The lowest BCUT2D eigenvalue weighted by Crippen LogP contribution is -2.42. The molecule has 9 nitrogen and oxygen atoms in total. The molecule has 1 atom stereocenters. The normalized spacial score (nSPS) is 19.8. The Balaban J connectivity index is 1.55. The number of imide groups is 1. The number of para-hydroxylation sites is 2. The average molecular weight is 456 g/mol. The van der Waals surface area contributed by atoms with Crippen LogP contribution in [0.4, 0.5) is 5.69 Å². The molecule has 4 aliphatic heterocycles. The molecule has 34 heavy (non-hydrogen) atoms. The van der Waals surface area contributed by atoms with E-state index < -0.39 is 17.9 Å². The summed E-state index contributed by atoms with van der Waals surface area (Å²) in [6.45, 7) is 0.0383. The zero-order valence-electron chi connectivity index (χ0n) is 18.5. The van der Waals surface area contributed by atoms with Gasteiger partial charge in [-0.2, -0.15) is 0 Å². The minimum Gasteiger partial charge on any atom is -0.454 e. The number of rotatable bonds is 3. The number of hydrogen-bond acceptors (Lipinski definition) is 7. The van der Waals surface area contributed by atoms with Gasteiger partial charge in [0.2, 0.25) is 12.7 Å². The second-order valence-electron chi connectivity index (χ2n) is 8.52. The number of benzene rings is 2. The van der Waals surface area contributed by atoms with Crippen LogP contribution in [0, 0.1) is 0 Å². The summed E-state index contributed by atoms with van der Waals surface area (Å²) in [5.74, 6) is -0.156. The summed E-state index contributed by atoms with van der Waals surface area (Å²) in [4.78, 5) is 47.0. The SMILES string of the molecule is CN(C)C(=O)C1Cc2cccc3c2N1C=CN=C3C1=C(c2cccc3c2OCO3)C(=O)NC1=O. The molecule has 0 saturated carbocycles. The maximum absolute atomic E-state index is 13.1. The fourth-order valence-electron chi connectivity index (χ4n) is 4.91. The van der Waals surface area contributed by atoms with Gasteiger partial charge in [0.25, 0.3) is 11.8 Å². The molecule has 0 spiro atoms. The van der Waals surface area contributed by atoms with Crippen LogP contribution in [0.25, 0.3) is 5.57 Å². The summed E-state index contributed by atoms with van der Waals surface area (Å²) in [7, 11) is 3.46. The van der Waals surface area contributed by atoms with Gasteiger partial charge in [-0.15, -0.1) is 0 Å². The summed E-state index contributed by atoms with van der Waals surface area (Å²) in [5.41, 5.74) is 3.64. The number of ether oxygens (including phenoxy) is 2. The summed E-state index contributed by atoms with van der Waals surface area (Å²) < 4.78 is 11.1. The fourth-order valence-corrected chi connectivity index (χ4v) is 4.91. The monoisotopic (exact) mass is 456 g/mol. The number of aliphatic imine (C=N–C) groups is 1. The van der Waals surface area contributed by atoms with E-state index in [4.69, 9.17) is 9.47 Å². The van der Waals surface area contributed by atoms with Crippen molar-refractivity contribution in [2.75, 3.05) is 25.8 Å². The van der Waals surface area contributed by atoms with Crippen molar-refractivity contribution >= 4 is 34.7 Å². The highest BCUT2D eigenvalue weighted by Crippen LogP contribution is 2.43. The van der Waals surface area contributed by atoms with Gasteiger partial charge in [0.15, 0.2) is 11.5 Å². The summed E-state index contributed by atoms with van der Waals surface area (Å²) >= 11 is 0. The number of carbonyl (C=O) groups is 3. The third-order valence-electron chi connectivity index (χ3n) is 6.37. The highest BCUT2D eigenvalue weighted by Gasteiger charge is 2.41. The van der Waals surface area contributed by atoms with E-state index in [1.807, 2.05) is 23.1 Å². The molecule has 2 aromatic carbocycles. The van der Waals surface area contributed by atoms with E-state index in [1.54, 1.807) is 49.6 Å². The van der Waals surface area contributed by atoms with Crippen LogP contribution in [0.1, 0.15) is 16.7 Å². The Morgan fingerprint density at radius 2 is 1.82 bits per heavy atom. The van der Waals surface area contributed by atoms with E-state index in [-0.39, 0.29) is 23.8 Å². The molecule has 3 amide bonds. The molecule has 1 unspecified atom stereocenters. The van der Waals surface area contributed by atoms with E-state index in [2.05, 4.69) is 10.3 Å². The van der Waals surface area contributed by atoms with Gasteiger partial charge >= 0.3 is 0 Å². The molecule has 0 saturated heterocycles. The fraction of sp³-hybridized carbons (Fsp3) is 0.200. The van der Waals surface area contributed by atoms with Gasteiger partial charge < -0.3 is 19.3 Å². The number of fused-ring (bicyclic) bond motifs is 1. The second-order valence-corrected chi connectivity index (χ2v) is 8.52. The average Bonchev–Trinajstić information content (AvgIpc) is 3.47. The molecule has 4 heterocycles. The maximum Gasteiger partial charge on any atom is 0.261 e. The molecule has 4 aliphatic rings. The van der Waals surface area contributed by atoms with E-state index in [1.165, 1.54) is 0 Å². The molecule has 0 bridgehead atoms. The van der Waals surface area contributed by atoms with Gasteiger partial charge in [-0.1, -0.05) is 30.3 Å². The Morgan fingerprint density at radius 1 is 1.06 bits per heavy atom. The minimum atomic E-state index is -0.534. The van der Waals surface area contributed by atoms with Crippen molar-refractivity contribution in [3.05, 3.63) is 71.1 Å². The van der Waals surface area contributed by atoms with Gasteiger partial charge in [-0.25, -0.2) is 0 Å². The van der Waals surface area contributed by atoms with Crippen LogP contribution in [0.5, 0.6) is 11.5 Å². The van der Waals surface area contributed by atoms with Gasteiger partial charge in [0.1, 0.15) is 6.04 Å². The summed E-state index contributed by atoms with van der Waals surface area (Å²) in [6.07, 6.45) is 3.85. The van der Waals surface area contributed by atoms with Gasteiger partial charge in [0.05, 0.1) is 22.5 Å². The van der Waals surface area contributed by atoms with E-state index in [0.717, 1.165) is 11.3 Å². The van der Waals surface area contributed by atoms with E-state index >= 15 is 0 Å². The Morgan fingerprint density at radius 3 is 2.65 bits per heavy atom. The topological polar surface area (TPSA) is 101 Å². The highest BCUT2D eigenvalue weighted by atomic mass is 16.7. The van der Waals surface area contributed by atoms with E-state index in [0.29, 0.717) is 34.8 Å². The lowest BCUT2D eigenvalue weighted by atomic mass is 9.92. The van der Waals surface area contributed by atoms with Crippen LogP contribution in [0.3, 0.4) is 0 Å². The summed E-state index contributed by atoms with van der Waals surface area (Å²) in [5, 5.41) is 2.41. The second kappa shape index (κ2) is 7.31. The van der Waals surface area contributed by atoms with Crippen LogP contribution in [0.2, 0.25) is 0 Å². The predicted octanol–water partition coefficient (Wildman–Crippen LogP) is 1.62. The molecule has 0 radical (unpaired) electrons.